The van der Waals surface area contributed by atoms with Crippen LogP contribution in [0, 0.1) is 5.92 Å². The summed E-state index contributed by atoms with van der Waals surface area (Å²) in [4.78, 5) is 17.2. The van der Waals surface area contributed by atoms with Crippen LogP contribution >= 0.6 is 11.6 Å². The van der Waals surface area contributed by atoms with E-state index in [-0.39, 0.29) is 0 Å². The molecule has 112 valence electrons. The van der Waals surface area contributed by atoms with Crippen molar-refractivity contribution in [3.63, 3.8) is 0 Å². The molecule has 0 fully saturated rings. The number of aliphatic carboxylic acids is 1. The largest absolute Gasteiger partial charge is 0.481 e. The van der Waals surface area contributed by atoms with Gasteiger partial charge < -0.3 is 10.0 Å². The first-order chi connectivity index (χ1) is 9.56. The molecule has 1 unspecified atom stereocenters. The summed E-state index contributed by atoms with van der Waals surface area (Å²) < 4.78 is 0. The van der Waals surface area contributed by atoms with E-state index in [0.29, 0.717) is 11.7 Å². The Morgan fingerprint density at radius 1 is 1.45 bits per heavy atom. The van der Waals surface area contributed by atoms with Crippen molar-refractivity contribution in [1.29, 1.82) is 0 Å². The van der Waals surface area contributed by atoms with Crippen molar-refractivity contribution in [2.75, 3.05) is 18.0 Å². The van der Waals surface area contributed by atoms with Crippen LogP contribution in [-0.4, -0.2) is 29.1 Å². The molecule has 1 rings (SSSR count). The number of carboxylic acids is 1. The zero-order chi connectivity index (χ0) is 15.0. The zero-order valence-electron chi connectivity index (χ0n) is 12.2. The number of anilines is 1. The molecule has 1 aromatic rings. The third-order valence-electron chi connectivity index (χ3n) is 3.28. The molecule has 1 aromatic heterocycles. The van der Waals surface area contributed by atoms with Crippen LogP contribution < -0.4 is 4.90 Å². The Morgan fingerprint density at radius 3 is 2.80 bits per heavy atom. The molecule has 20 heavy (non-hydrogen) atoms. The minimum absolute atomic E-state index is 0.431. The number of carboxylic acid groups (broad SMARTS) is 1. The molecule has 1 heterocycles. The number of hydrogen-bond acceptors (Lipinski definition) is 3. The molecule has 0 spiro atoms. The first kappa shape index (κ1) is 16.8. The molecule has 5 heteroatoms. The molecule has 0 saturated heterocycles. The van der Waals surface area contributed by atoms with Crippen LogP contribution in [0.5, 0.6) is 0 Å². The highest BCUT2D eigenvalue weighted by Gasteiger charge is 2.18. The smallest absolute Gasteiger partial charge is 0.308 e. The Labute approximate surface area is 125 Å². The number of nitrogens with zero attached hydrogens (tertiary/aromatic N) is 2. The van der Waals surface area contributed by atoms with Crippen molar-refractivity contribution in [1.82, 2.24) is 4.98 Å². The van der Waals surface area contributed by atoms with Crippen molar-refractivity contribution in [3.05, 3.63) is 23.5 Å². The van der Waals surface area contributed by atoms with Gasteiger partial charge in [-0.3, -0.25) is 4.79 Å². The molecule has 0 aliphatic rings. The number of aromatic nitrogens is 1. The van der Waals surface area contributed by atoms with Gasteiger partial charge in [-0.1, -0.05) is 44.7 Å². The summed E-state index contributed by atoms with van der Waals surface area (Å²) in [6.45, 7) is 5.14. The third kappa shape index (κ3) is 5.37. The number of unbranched alkanes of at least 4 members (excludes halogenated alkanes) is 3. The highest BCUT2D eigenvalue weighted by molar-refractivity contribution is 6.32. The average molecular weight is 299 g/mol. The molecule has 1 N–H and O–H groups in total. The first-order valence-electron chi connectivity index (χ1n) is 7.14. The fourth-order valence-corrected chi connectivity index (χ4v) is 2.30. The zero-order valence-corrected chi connectivity index (χ0v) is 12.9. The fourth-order valence-electron chi connectivity index (χ4n) is 2.06. The van der Waals surface area contributed by atoms with Gasteiger partial charge in [-0.05, 0) is 18.6 Å². The van der Waals surface area contributed by atoms with E-state index < -0.39 is 11.9 Å². The Hall–Kier alpha value is -1.29. The van der Waals surface area contributed by atoms with Gasteiger partial charge in [-0.2, -0.15) is 0 Å². The standard InChI is InChI=1S/C15H23ClN2O2/c1-3-4-5-6-10-18(11-12(2)15(19)20)13-8-7-9-17-14(13)16/h7-9,12H,3-6,10-11H2,1-2H3,(H,19,20). The van der Waals surface area contributed by atoms with Crippen LogP contribution in [0.4, 0.5) is 5.69 Å². The van der Waals surface area contributed by atoms with Crippen molar-refractivity contribution < 1.29 is 9.90 Å². The lowest BCUT2D eigenvalue weighted by Gasteiger charge is -2.27. The van der Waals surface area contributed by atoms with Crippen LogP contribution in [0.3, 0.4) is 0 Å². The van der Waals surface area contributed by atoms with Gasteiger partial charge in [0.1, 0.15) is 0 Å². The number of halogens is 1. The maximum Gasteiger partial charge on any atom is 0.308 e. The topological polar surface area (TPSA) is 53.4 Å². The maximum absolute atomic E-state index is 11.1. The van der Waals surface area contributed by atoms with E-state index in [4.69, 9.17) is 16.7 Å². The third-order valence-corrected chi connectivity index (χ3v) is 3.57. The Morgan fingerprint density at radius 2 is 2.20 bits per heavy atom. The summed E-state index contributed by atoms with van der Waals surface area (Å²) >= 11 is 6.12. The van der Waals surface area contributed by atoms with Gasteiger partial charge in [0, 0.05) is 19.3 Å². The van der Waals surface area contributed by atoms with Crippen molar-refractivity contribution >= 4 is 23.3 Å². The molecule has 0 radical (unpaired) electrons. The molecule has 1 atom stereocenters. The summed E-state index contributed by atoms with van der Waals surface area (Å²) in [5.41, 5.74) is 0.818. The Kier molecular flexibility index (Phi) is 7.37. The van der Waals surface area contributed by atoms with Crippen LogP contribution in [0.25, 0.3) is 0 Å². The molecular weight excluding hydrogens is 276 g/mol. The second-order valence-corrected chi connectivity index (χ2v) is 5.42. The molecule has 0 aliphatic carbocycles. The van der Waals surface area contributed by atoms with Crippen molar-refractivity contribution in [2.45, 2.75) is 39.5 Å². The van der Waals surface area contributed by atoms with E-state index in [1.807, 2.05) is 17.0 Å². The van der Waals surface area contributed by atoms with E-state index >= 15 is 0 Å². The first-order valence-corrected chi connectivity index (χ1v) is 7.52. The second-order valence-electron chi connectivity index (χ2n) is 5.06. The quantitative estimate of drug-likeness (QED) is 0.556. The molecule has 0 saturated carbocycles. The summed E-state index contributed by atoms with van der Waals surface area (Å²) in [7, 11) is 0. The van der Waals surface area contributed by atoms with Crippen molar-refractivity contribution in [3.8, 4) is 0 Å². The van der Waals surface area contributed by atoms with E-state index in [2.05, 4.69) is 11.9 Å². The predicted molar refractivity (Wildman–Crippen MR) is 82.4 cm³/mol. The van der Waals surface area contributed by atoms with Crippen LogP contribution in [0.15, 0.2) is 18.3 Å². The van der Waals surface area contributed by atoms with E-state index in [9.17, 15) is 4.79 Å². The summed E-state index contributed by atoms with van der Waals surface area (Å²) in [5, 5.41) is 9.51. The Bertz CT molecular complexity index is 426. The van der Waals surface area contributed by atoms with Crippen LogP contribution in [0.2, 0.25) is 5.15 Å². The monoisotopic (exact) mass is 298 g/mol. The van der Waals surface area contributed by atoms with Gasteiger partial charge in [-0.25, -0.2) is 4.98 Å². The lowest BCUT2D eigenvalue weighted by atomic mass is 10.1. The minimum atomic E-state index is -0.788. The van der Waals surface area contributed by atoms with Gasteiger partial charge in [0.15, 0.2) is 5.15 Å². The van der Waals surface area contributed by atoms with E-state index in [0.717, 1.165) is 25.1 Å². The highest BCUT2D eigenvalue weighted by atomic mass is 35.5. The molecule has 0 bridgehead atoms. The summed E-state index contributed by atoms with van der Waals surface area (Å²) in [6, 6.07) is 3.72. The highest BCUT2D eigenvalue weighted by Crippen LogP contribution is 2.24. The summed E-state index contributed by atoms with van der Waals surface area (Å²) in [5.74, 6) is -1.22. The van der Waals surface area contributed by atoms with Crippen LogP contribution in [-0.2, 0) is 4.79 Å². The molecule has 0 amide bonds. The lowest BCUT2D eigenvalue weighted by molar-refractivity contribution is -0.140. The van der Waals surface area contributed by atoms with Gasteiger partial charge in [-0.15, -0.1) is 0 Å². The molecular formula is C15H23ClN2O2. The van der Waals surface area contributed by atoms with E-state index in [1.165, 1.54) is 12.8 Å². The lowest BCUT2D eigenvalue weighted by Crippen LogP contribution is -2.33. The fraction of sp³-hybridized carbons (Fsp3) is 0.600. The number of carbonyl (C=O) groups is 1. The molecule has 0 aromatic carbocycles. The number of hydrogen-bond donors (Lipinski definition) is 1. The number of rotatable bonds is 9. The predicted octanol–water partition coefficient (Wildman–Crippen LogP) is 3.84. The van der Waals surface area contributed by atoms with E-state index in [1.54, 1.807) is 13.1 Å². The normalized spacial score (nSPS) is 12.2. The maximum atomic E-state index is 11.1. The van der Waals surface area contributed by atoms with Gasteiger partial charge >= 0.3 is 5.97 Å². The van der Waals surface area contributed by atoms with Gasteiger partial charge in [0.25, 0.3) is 0 Å². The number of pyridine rings is 1. The SMILES string of the molecule is CCCCCCN(CC(C)C(=O)O)c1cccnc1Cl. The molecule has 0 aliphatic heterocycles. The second kappa shape index (κ2) is 8.80. The Balaban J connectivity index is 2.73. The van der Waals surface area contributed by atoms with Crippen LogP contribution in [0.1, 0.15) is 39.5 Å². The van der Waals surface area contributed by atoms with Gasteiger partial charge in [0.2, 0.25) is 0 Å². The van der Waals surface area contributed by atoms with Crippen molar-refractivity contribution in [2.24, 2.45) is 5.92 Å². The van der Waals surface area contributed by atoms with Gasteiger partial charge in [0.05, 0.1) is 11.6 Å². The molecule has 4 nitrogen and oxygen atoms in total. The minimum Gasteiger partial charge on any atom is -0.481 e. The summed E-state index contributed by atoms with van der Waals surface area (Å²) in [6.07, 6.45) is 6.20. The average Bonchev–Trinajstić information content (AvgIpc) is 2.42.